The van der Waals surface area contributed by atoms with Crippen molar-refractivity contribution < 1.29 is 19.1 Å². The Kier molecular flexibility index (Phi) is 5.46. The van der Waals surface area contributed by atoms with Crippen LogP contribution in [-0.2, 0) is 16.1 Å². The summed E-state index contributed by atoms with van der Waals surface area (Å²) in [6.45, 7) is 4.32. The number of likely N-dealkylation sites (tertiary alicyclic amines) is 1. The number of rotatable bonds is 4. The van der Waals surface area contributed by atoms with Crippen molar-refractivity contribution in [1.82, 2.24) is 9.80 Å². The molecule has 0 saturated carbocycles. The third-order valence-electron chi connectivity index (χ3n) is 4.81. The van der Waals surface area contributed by atoms with Gasteiger partial charge in [-0.3, -0.25) is 9.59 Å². The number of hydrogen-bond donors (Lipinski definition) is 0. The molecule has 3 rings (SSSR count). The van der Waals surface area contributed by atoms with E-state index < -0.39 is 0 Å². The minimum Gasteiger partial charge on any atom is -0.497 e. The summed E-state index contributed by atoms with van der Waals surface area (Å²) in [5.41, 5.74) is 0.979. The lowest BCUT2D eigenvalue weighted by Crippen LogP contribution is -2.40. The van der Waals surface area contributed by atoms with Gasteiger partial charge in [-0.25, -0.2) is 0 Å². The summed E-state index contributed by atoms with van der Waals surface area (Å²) in [5.74, 6) is 1.75. The predicted octanol–water partition coefficient (Wildman–Crippen LogP) is 2.21. The van der Waals surface area contributed by atoms with Gasteiger partial charge in [0.1, 0.15) is 17.6 Å². The summed E-state index contributed by atoms with van der Waals surface area (Å²) in [5, 5.41) is 0. The predicted molar refractivity (Wildman–Crippen MR) is 93.5 cm³/mol. The van der Waals surface area contributed by atoms with E-state index in [1.54, 1.807) is 7.11 Å². The Labute approximate surface area is 148 Å². The zero-order valence-corrected chi connectivity index (χ0v) is 15.0. The average Bonchev–Trinajstić information content (AvgIpc) is 2.78. The third kappa shape index (κ3) is 4.24. The number of hydrogen-bond acceptors (Lipinski definition) is 4. The Morgan fingerprint density at radius 3 is 2.96 bits per heavy atom. The molecule has 2 aliphatic heterocycles. The van der Waals surface area contributed by atoms with Gasteiger partial charge in [-0.2, -0.15) is 0 Å². The SMILES string of the molecule is COc1ccc2c(c1)O[C@@H](C)CN(C(=O)CCN1CCCCC1=O)C2. The molecule has 0 aliphatic carbocycles. The van der Waals surface area contributed by atoms with Gasteiger partial charge in [-0.15, -0.1) is 0 Å². The van der Waals surface area contributed by atoms with Crippen LogP contribution >= 0.6 is 0 Å². The summed E-state index contributed by atoms with van der Waals surface area (Å²) in [6, 6.07) is 5.69. The minimum atomic E-state index is -0.0890. The summed E-state index contributed by atoms with van der Waals surface area (Å²) < 4.78 is 11.2. The second-order valence-corrected chi connectivity index (χ2v) is 6.76. The minimum absolute atomic E-state index is 0.0671. The molecular weight excluding hydrogens is 320 g/mol. The van der Waals surface area contributed by atoms with E-state index in [1.165, 1.54) is 0 Å². The van der Waals surface area contributed by atoms with Crippen molar-refractivity contribution in [2.24, 2.45) is 0 Å². The molecule has 6 heteroatoms. The van der Waals surface area contributed by atoms with Crippen molar-refractivity contribution in [3.05, 3.63) is 23.8 Å². The van der Waals surface area contributed by atoms with Crippen molar-refractivity contribution in [3.63, 3.8) is 0 Å². The maximum absolute atomic E-state index is 12.7. The van der Waals surface area contributed by atoms with Crippen molar-refractivity contribution in [3.8, 4) is 11.5 Å². The van der Waals surface area contributed by atoms with Gasteiger partial charge in [0.15, 0.2) is 0 Å². The first-order valence-corrected chi connectivity index (χ1v) is 8.96. The van der Waals surface area contributed by atoms with Crippen molar-refractivity contribution in [2.75, 3.05) is 26.7 Å². The van der Waals surface area contributed by atoms with Gasteiger partial charge in [0.05, 0.1) is 13.7 Å². The fourth-order valence-electron chi connectivity index (χ4n) is 3.41. The maximum Gasteiger partial charge on any atom is 0.224 e. The quantitative estimate of drug-likeness (QED) is 0.839. The Hall–Kier alpha value is -2.24. The van der Waals surface area contributed by atoms with E-state index in [-0.39, 0.29) is 17.9 Å². The first kappa shape index (κ1) is 17.6. The van der Waals surface area contributed by atoms with Crippen LogP contribution in [0.25, 0.3) is 0 Å². The Bertz CT molecular complexity index is 646. The smallest absolute Gasteiger partial charge is 0.224 e. The number of benzene rings is 1. The lowest BCUT2D eigenvalue weighted by Gasteiger charge is -2.28. The van der Waals surface area contributed by atoms with Crippen molar-refractivity contribution >= 4 is 11.8 Å². The van der Waals surface area contributed by atoms with Gasteiger partial charge in [0.2, 0.25) is 11.8 Å². The maximum atomic E-state index is 12.7. The number of ether oxygens (including phenoxy) is 2. The van der Waals surface area contributed by atoms with Gasteiger partial charge in [-0.1, -0.05) is 0 Å². The number of fused-ring (bicyclic) bond motifs is 1. The van der Waals surface area contributed by atoms with Gasteiger partial charge < -0.3 is 19.3 Å². The van der Waals surface area contributed by atoms with E-state index in [9.17, 15) is 9.59 Å². The lowest BCUT2D eigenvalue weighted by molar-refractivity contribution is -0.136. The summed E-state index contributed by atoms with van der Waals surface area (Å²) in [6.07, 6.45) is 2.88. The summed E-state index contributed by atoms with van der Waals surface area (Å²) in [7, 11) is 1.62. The molecule has 25 heavy (non-hydrogen) atoms. The fourth-order valence-corrected chi connectivity index (χ4v) is 3.41. The number of carbonyl (C=O) groups excluding carboxylic acids is 2. The number of piperidine rings is 1. The molecule has 0 bridgehead atoms. The number of carbonyl (C=O) groups is 2. The number of nitrogens with zero attached hydrogens (tertiary/aromatic N) is 2. The molecule has 0 radical (unpaired) electrons. The van der Waals surface area contributed by atoms with E-state index in [2.05, 4.69) is 0 Å². The first-order chi connectivity index (χ1) is 12.1. The van der Waals surface area contributed by atoms with Gasteiger partial charge >= 0.3 is 0 Å². The molecule has 2 amide bonds. The molecule has 0 unspecified atom stereocenters. The van der Waals surface area contributed by atoms with Gasteiger partial charge in [0.25, 0.3) is 0 Å². The molecule has 1 saturated heterocycles. The Balaban J connectivity index is 1.64. The highest BCUT2D eigenvalue weighted by Gasteiger charge is 2.25. The van der Waals surface area contributed by atoms with Gasteiger partial charge in [0, 0.05) is 44.1 Å². The second kappa shape index (κ2) is 7.76. The monoisotopic (exact) mass is 346 g/mol. The fraction of sp³-hybridized carbons (Fsp3) is 0.579. The van der Waals surface area contributed by atoms with Crippen LogP contribution in [-0.4, -0.2) is 54.5 Å². The Morgan fingerprint density at radius 1 is 1.36 bits per heavy atom. The normalized spacial score (nSPS) is 20.6. The van der Waals surface area contributed by atoms with E-state index in [0.29, 0.717) is 32.5 Å². The molecule has 1 aromatic carbocycles. The number of amides is 2. The van der Waals surface area contributed by atoms with Crippen LogP contribution in [0, 0.1) is 0 Å². The van der Waals surface area contributed by atoms with Crippen LogP contribution in [0.15, 0.2) is 18.2 Å². The van der Waals surface area contributed by atoms with Crippen molar-refractivity contribution in [1.29, 1.82) is 0 Å². The zero-order chi connectivity index (χ0) is 17.8. The second-order valence-electron chi connectivity index (χ2n) is 6.76. The van der Waals surface area contributed by atoms with Crippen LogP contribution in [0.2, 0.25) is 0 Å². The first-order valence-electron chi connectivity index (χ1n) is 8.96. The highest BCUT2D eigenvalue weighted by atomic mass is 16.5. The van der Waals surface area contributed by atoms with E-state index in [0.717, 1.165) is 36.4 Å². The van der Waals surface area contributed by atoms with Crippen LogP contribution < -0.4 is 9.47 Å². The standard InChI is InChI=1S/C19H26N2O4/c1-14-12-21(13-15-6-7-16(24-2)11-17(15)25-14)19(23)8-10-20-9-4-3-5-18(20)22/h6-7,11,14H,3-5,8-10,12-13H2,1-2H3/t14-/m0/s1. The van der Waals surface area contributed by atoms with E-state index in [4.69, 9.17) is 9.47 Å². The molecule has 0 spiro atoms. The summed E-state index contributed by atoms with van der Waals surface area (Å²) >= 11 is 0. The van der Waals surface area contributed by atoms with Crippen LogP contribution in [0.4, 0.5) is 0 Å². The molecule has 2 heterocycles. The van der Waals surface area contributed by atoms with E-state index >= 15 is 0 Å². The van der Waals surface area contributed by atoms with Crippen LogP contribution in [0.5, 0.6) is 11.5 Å². The lowest BCUT2D eigenvalue weighted by atomic mass is 10.1. The van der Waals surface area contributed by atoms with Crippen LogP contribution in [0.3, 0.4) is 0 Å². The molecule has 1 atom stereocenters. The highest BCUT2D eigenvalue weighted by molar-refractivity contribution is 5.79. The largest absolute Gasteiger partial charge is 0.497 e. The summed E-state index contributed by atoms with van der Waals surface area (Å²) in [4.78, 5) is 28.2. The van der Waals surface area contributed by atoms with E-state index in [1.807, 2.05) is 34.9 Å². The molecule has 6 nitrogen and oxygen atoms in total. The molecular formula is C19H26N2O4. The zero-order valence-electron chi connectivity index (χ0n) is 15.0. The topological polar surface area (TPSA) is 59.1 Å². The third-order valence-corrected chi connectivity index (χ3v) is 4.81. The van der Waals surface area contributed by atoms with Gasteiger partial charge in [-0.05, 0) is 31.9 Å². The highest BCUT2D eigenvalue weighted by Crippen LogP contribution is 2.29. The van der Waals surface area contributed by atoms with Crippen LogP contribution in [0.1, 0.15) is 38.2 Å². The average molecular weight is 346 g/mol. The molecule has 136 valence electrons. The molecule has 1 aromatic rings. The molecule has 1 fully saturated rings. The Morgan fingerprint density at radius 2 is 2.20 bits per heavy atom. The van der Waals surface area contributed by atoms with Crippen molar-refractivity contribution in [2.45, 2.75) is 45.3 Å². The molecule has 2 aliphatic rings. The number of methoxy groups -OCH3 is 1. The molecule has 0 aromatic heterocycles. The molecule has 0 N–H and O–H groups in total.